The molecule has 0 aliphatic heterocycles. The van der Waals surface area contributed by atoms with Crippen LogP contribution in [0, 0.1) is 0 Å². The van der Waals surface area contributed by atoms with Crippen LogP contribution >= 0.6 is 11.3 Å². The molecule has 0 unspecified atom stereocenters. The highest BCUT2D eigenvalue weighted by Crippen LogP contribution is 2.28. The SMILES string of the molecule is CCCOc1nc2ccc(N)cc2s1. The Morgan fingerprint density at radius 3 is 3.14 bits per heavy atom. The van der Waals surface area contributed by atoms with E-state index in [2.05, 4.69) is 11.9 Å². The van der Waals surface area contributed by atoms with Crippen molar-refractivity contribution < 1.29 is 4.74 Å². The largest absolute Gasteiger partial charge is 0.470 e. The summed E-state index contributed by atoms with van der Waals surface area (Å²) in [7, 11) is 0. The first-order valence-electron chi connectivity index (χ1n) is 4.58. The smallest absolute Gasteiger partial charge is 0.274 e. The van der Waals surface area contributed by atoms with Gasteiger partial charge in [-0.3, -0.25) is 0 Å². The molecule has 1 aromatic carbocycles. The van der Waals surface area contributed by atoms with Crippen molar-refractivity contribution in [2.75, 3.05) is 12.3 Å². The van der Waals surface area contributed by atoms with Crippen molar-refractivity contribution in [3.05, 3.63) is 18.2 Å². The Kier molecular flexibility index (Phi) is 2.54. The number of nitrogens with two attached hydrogens (primary N) is 1. The molecule has 74 valence electrons. The lowest BCUT2D eigenvalue weighted by molar-refractivity contribution is 0.316. The lowest BCUT2D eigenvalue weighted by Gasteiger charge is -1.95. The Bertz CT molecular complexity index is 439. The van der Waals surface area contributed by atoms with Crippen molar-refractivity contribution in [3.8, 4) is 5.19 Å². The summed E-state index contributed by atoms with van der Waals surface area (Å²) in [6, 6.07) is 5.69. The molecule has 0 saturated carbocycles. The normalized spacial score (nSPS) is 10.6. The predicted octanol–water partition coefficient (Wildman–Crippen LogP) is 2.67. The summed E-state index contributed by atoms with van der Waals surface area (Å²) in [6.45, 7) is 2.79. The molecule has 0 atom stereocenters. The van der Waals surface area contributed by atoms with Gasteiger partial charge in [-0.15, -0.1) is 0 Å². The zero-order chi connectivity index (χ0) is 9.97. The number of rotatable bonds is 3. The Morgan fingerprint density at radius 1 is 1.50 bits per heavy atom. The molecule has 0 aliphatic carbocycles. The van der Waals surface area contributed by atoms with Crippen LogP contribution in [0.5, 0.6) is 5.19 Å². The average Bonchev–Trinajstić information content (AvgIpc) is 2.56. The van der Waals surface area contributed by atoms with E-state index in [9.17, 15) is 0 Å². The molecule has 3 nitrogen and oxygen atoms in total. The van der Waals surface area contributed by atoms with Gasteiger partial charge < -0.3 is 10.5 Å². The van der Waals surface area contributed by atoms with Gasteiger partial charge in [0.15, 0.2) is 0 Å². The summed E-state index contributed by atoms with van der Waals surface area (Å²) in [4.78, 5) is 4.33. The number of aromatic nitrogens is 1. The number of anilines is 1. The van der Waals surface area contributed by atoms with Crippen molar-refractivity contribution in [3.63, 3.8) is 0 Å². The number of benzene rings is 1. The zero-order valence-corrected chi connectivity index (χ0v) is 8.80. The summed E-state index contributed by atoms with van der Waals surface area (Å²) in [5.74, 6) is 0. The topological polar surface area (TPSA) is 48.1 Å². The summed E-state index contributed by atoms with van der Waals surface area (Å²) in [6.07, 6.45) is 0.998. The molecule has 14 heavy (non-hydrogen) atoms. The minimum absolute atomic E-state index is 0.718. The third-order valence-corrected chi connectivity index (χ3v) is 2.75. The van der Waals surface area contributed by atoms with Gasteiger partial charge in [-0.2, -0.15) is 0 Å². The third kappa shape index (κ3) is 1.80. The molecule has 0 saturated heterocycles. The summed E-state index contributed by atoms with van der Waals surface area (Å²) >= 11 is 1.54. The second-order valence-corrected chi connectivity index (χ2v) is 4.05. The highest BCUT2D eigenvalue weighted by molar-refractivity contribution is 7.20. The minimum atomic E-state index is 0.718. The molecule has 4 heteroatoms. The maximum atomic E-state index is 5.67. The van der Waals surface area contributed by atoms with Gasteiger partial charge in [0.2, 0.25) is 0 Å². The van der Waals surface area contributed by atoms with Crippen LogP contribution in [-0.4, -0.2) is 11.6 Å². The standard InChI is InChI=1S/C10H12N2OS/c1-2-5-13-10-12-8-4-3-7(11)6-9(8)14-10/h3-4,6H,2,5,11H2,1H3. The highest BCUT2D eigenvalue weighted by Gasteiger charge is 2.03. The van der Waals surface area contributed by atoms with Crippen molar-refractivity contribution >= 4 is 27.2 Å². The van der Waals surface area contributed by atoms with E-state index >= 15 is 0 Å². The maximum absolute atomic E-state index is 5.67. The minimum Gasteiger partial charge on any atom is -0.470 e. The van der Waals surface area contributed by atoms with Crippen LogP contribution in [0.15, 0.2) is 18.2 Å². The molecule has 1 aromatic heterocycles. The first-order chi connectivity index (χ1) is 6.79. The number of hydrogen-bond donors (Lipinski definition) is 1. The van der Waals surface area contributed by atoms with Gasteiger partial charge in [0.1, 0.15) is 0 Å². The van der Waals surface area contributed by atoms with E-state index in [-0.39, 0.29) is 0 Å². The van der Waals surface area contributed by atoms with Gasteiger partial charge in [0.25, 0.3) is 5.19 Å². The zero-order valence-electron chi connectivity index (χ0n) is 7.99. The monoisotopic (exact) mass is 208 g/mol. The van der Waals surface area contributed by atoms with E-state index in [4.69, 9.17) is 10.5 Å². The van der Waals surface area contributed by atoms with E-state index in [1.807, 2.05) is 18.2 Å². The van der Waals surface area contributed by atoms with Crippen LogP contribution in [-0.2, 0) is 0 Å². The number of ether oxygens (including phenoxy) is 1. The van der Waals surface area contributed by atoms with E-state index in [1.165, 1.54) is 11.3 Å². The number of fused-ring (bicyclic) bond motifs is 1. The van der Waals surface area contributed by atoms with Crippen LogP contribution < -0.4 is 10.5 Å². The Balaban J connectivity index is 2.32. The molecule has 0 amide bonds. The molecular formula is C10H12N2OS. The molecule has 2 aromatic rings. The number of nitrogen functional groups attached to an aromatic ring is 1. The summed E-state index contributed by atoms with van der Waals surface area (Å²) < 4.78 is 6.53. The van der Waals surface area contributed by atoms with Crippen molar-refractivity contribution in [1.29, 1.82) is 0 Å². The second kappa shape index (κ2) is 3.84. The van der Waals surface area contributed by atoms with Crippen molar-refractivity contribution in [1.82, 2.24) is 4.98 Å². The number of thiazole rings is 1. The lowest BCUT2D eigenvalue weighted by atomic mass is 10.3. The third-order valence-electron chi connectivity index (χ3n) is 1.82. The molecule has 0 bridgehead atoms. The Labute approximate surface area is 86.5 Å². The number of hydrogen-bond acceptors (Lipinski definition) is 4. The molecule has 1 heterocycles. The van der Waals surface area contributed by atoms with E-state index in [0.29, 0.717) is 0 Å². The maximum Gasteiger partial charge on any atom is 0.274 e. The quantitative estimate of drug-likeness (QED) is 0.789. The molecular weight excluding hydrogens is 196 g/mol. The molecule has 2 N–H and O–H groups in total. The highest BCUT2D eigenvalue weighted by atomic mass is 32.1. The van der Waals surface area contributed by atoms with Gasteiger partial charge in [-0.25, -0.2) is 4.98 Å². The Morgan fingerprint density at radius 2 is 2.36 bits per heavy atom. The van der Waals surface area contributed by atoms with E-state index in [0.717, 1.165) is 34.1 Å². The first-order valence-corrected chi connectivity index (χ1v) is 5.40. The average molecular weight is 208 g/mol. The van der Waals surface area contributed by atoms with Crippen LogP contribution in [0.4, 0.5) is 5.69 Å². The van der Waals surface area contributed by atoms with Crippen LogP contribution in [0.3, 0.4) is 0 Å². The molecule has 0 aliphatic rings. The second-order valence-electron chi connectivity index (χ2n) is 3.06. The summed E-state index contributed by atoms with van der Waals surface area (Å²) in [5, 5.41) is 0.729. The molecule has 0 spiro atoms. The molecule has 0 fully saturated rings. The van der Waals surface area contributed by atoms with Crippen LogP contribution in [0.25, 0.3) is 10.2 Å². The van der Waals surface area contributed by atoms with Crippen LogP contribution in [0.1, 0.15) is 13.3 Å². The fourth-order valence-corrected chi connectivity index (χ4v) is 2.06. The van der Waals surface area contributed by atoms with Crippen molar-refractivity contribution in [2.45, 2.75) is 13.3 Å². The van der Waals surface area contributed by atoms with Gasteiger partial charge in [-0.1, -0.05) is 18.3 Å². The van der Waals surface area contributed by atoms with E-state index in [1.54, 1.807) is 0 Å². The fourth-order valence-electron chi connectivity index (χ4n) is 1.17. The fraction of sp³-hybridized carbons (Fsp3) is 0.300. The summed E-state index contributed by atoms with van der Waals surface area (Å²) in [5.41, 5.74) is 7.39. The Hall–Kier alpha value is -1.29. The van der Waals surface area contributed by atoms with Gasteiger partial charge in [-0.05, 0) is 24.6 Å². The van der Waals surface area contributed by atoms with Gasteiger partial charge >= 0.3 is 0 Å². The van der Waals surface area contributed by atoms with Crippen molar-refractivity contribution in [2.24, 2.45) is 0 Å². The first kappa shape index (κ1) is 9.27. The lowest BCUT2D eigenvalue weighted by Crippen LogP contribution is -1.93. The van der Waals surface area contributed by atoms with Gasteiger partial charge in [0, 0.05) is 5.69 Å². The van der Waals surface area contributed by atoms with E-state index < -0.39 is 0 Å². The van der Waals surface area contributed by atoms with Crippen LogP contribution in [0.2, 0.25) is 0 Å². The molecule has 0 radical (unpaired) electrons. The van der Waals surface area contributed by atoms with Gasteiger partial charge in [0.05, 0.1) is 16.8 Å². The molecule has 2 rings (SSSR count). The predicted molar refractivity (Wildman–Crippen MR) is 59.8 cm³/mol. The number of nitrogens with zero attached hydrogens (tertiary/aromatic N) is 1.